The van der Waals surface area contributed by atoms with Crippen molar-refractivity contribution in [2.45, 2.75) is 43.9 Å². The van der Waals surface area contributed by atoms with Crippen molar-refractivity contribution in [2.24, 2.45) is 4.58 Å². The SMILES string of the molecule is COc1ccc2cc([C@H](C)C(=O)OCCCN3C(=O)OC[C@H]3C(C)(C)SN=O)ccc2c1. The van der Waals surface area contributed by atoms with E-state index in [1.54, 1.807) is 12.0 Å². The summed E-state index contributed by atoms with van der Waals surface area (Å²) in [6.45, 7) is 6.27. The standard InChI is InChI=1S/C23H28N2O6S/c1-15(16-6-7-18-13-19(29-4)9-8-17(18)12-16)21(26)30-11-5-10-25-20(14-31-22(25)27)23(2,3)32-24-28/h6-9,12-13,15,20H,5,10-11,14H2,1-4H3/t15-,20-/m0/s1. The lowest BCUT2D eigenvalue weighted by Crippen LogP contribution is -2.46. The minimum absolute atomic E-state index is 0.184. The summed E-state index contributed by atoms with van der Waals surface area (Å²) in [6.07, 6.45) is 0.0404. The molecule has 1 amide bonds. The first-order valence-corrected chi connectivity index (χ1v) is 11.2. The van der Waals surface area contributed by atoms with E-state index in [1.165, 1.54) is 0 Å². The topological polar surface area (TPSA) is 94.5 Å². The molecule has 0 aromatic heterocycles. The number of hydrogen-bond acceptors (Lipinski definition) is 8. The Morgan fingerprint density at radius 2 is 2.00 bits per heavy atom. The van der Waals surface area contributed by atoms with Crippen LogP contribution in [0.1, 0.15) is 38.7 Å². The minimum atomic E-state index is -0.570. The molecule has 0 N–H and O–H groups in total. The minimum Gasteiger partial charge on any atom is -0.497 e. The number of methoxy groups -OCH3 is 1. The number of ether oxygens (including phenoxy) is 3. The normalized spacial score (nSPS) is 17.2. The molecule has 1 heterocycles. The van der Waals surface area contributed by atoms with Crippen LogP contribution in [0.3, 0.4) is 0 Å². The second kappa shape index (κ2) is 10.2. The zero-order valence-electron chi connectivity index (χ0n) is 18.7. The summed E-state index contributed by atoms with van der Waals surface area (Å²) < 4.78 is 18.2. The van der Waals surface area contributed by atoms with Crippen molar-refractivity contribution >= 4 is 34.8 Å². The molecule has 0 unspecified atom stereocenters. The molecule has 8 nitrogen and oxygen atoms in total. The van der Waals surface area contributed by atoms with Crippen LogP contribution in [0, 0.1) is 4.91 Å². The average Bonchev–Trinajstić information content (AvgIpc) is 3.16. The Hall–Kier alpha value is -2.81. The van der Waals surface area contributed by atoms with E-state index >= 15 is 0 Å². The second-order valence-electron chi connectivity index (χ2n) is 8.27. The summed E-state index contributed by atoms with van der Waals surface area (Å²) in [5.74, 6) is 0.0469. The van der Waals surface area contributed by atoms with E-state index < -0.39 is 16.8 Å². The molecule has 0 saturated carbocycles. The van der Waals surface area contributed by atoms with E-state index in [1.807, 2.05) is 57.2 Å². The van der Waals surface area contributed by atoms with Crippen LogP contribution in [0.25, 0.3) is 10.8 Å². The summed E-state index contributed by atoms with van der Waals surface area (Å²) in [7, 11) is 1.63. The van der Waals surface area contributed by atoms with Gasteiger partial charge in [0, 0.05) is 23.1 Å². The van der Waals surface area contributed by atoms with Gasteiger partial charge in [-0.05, 0) is 55.7 Å². The van der Waals surface area contributed by atoms with Gasteiger partial charge < -0.3 is 19.1 Å². The highest BCUT2D eigenvalue weighted by atomic mass is 32.2. The number of carbonyl (C=O) groups excluding carboxylic acids is 2. The number of carbonyl (C=O) groups is 2. The van der Waals surface area contributed by atoms with Crippen LogP contribution in [-0.4, -0.2) is 54.6 Å². The van der Waals surface area contributed by atoms with Gasteiger partial charge in [0.2, 0.25) is 0 Å². The summed E-state index contributed by atoms with van der Waals surface area (Å²) in [5.41, 5.74) is 0.871. The Morgan fingerprint density at radius 1 is 1.28 bits per heavy atom. The van der Waals surface area contributed by atoms with Crippen LogP contribution >= 0.6 is 11.9 Å². The van der Waals surface area contributed by atoms with Crippen molar-refractivity contribution in [3.05, 3.63) is 46.9 Å². The van der Waals surface area contributed by atoms with E-state index in [2.05, 4.69) is 4.58 Å². The molecule has 32 heavy (non-hydrogen) atoms. The second-order valence-corrected chi connectivity index (χ2v) is 9.65. The van der Waals surface area contributed by atoms with Crippen LogP contribution in [0.5, 0.6) is 5.75 Å². The highest BCUT2D eigenvalue weighted by Crippen LogP contribution is 2.35. The van der Waals surface area contributed by atoms with E-state index in [9.17, 15) is 14.5 Å². The lowest BCUT2D eigenvalue weighted by molar-refractivity contribution is -0.145. The van der Waals surface area contributed by atoms with Gasteiger partial charge in [-0.2, -0.15) is 0 Å². The zero-order chi connectivity index (χ0) is 23.3. The van der Waals surface area contributed by atoms with Crippen LogP contribution < -0.4 is 4.74 Å². The molecule has 1 fully saturated rings. The number of benzene rings is 2. The van der Waals surface area contributed by atoms with Crippen molar-refractivity contribution < 1.29 is 23.8 Å². The van der Waals surface area contributed by atoms with E-state index in [4.69, 9.17) is 14.2 Å². The molecule has 0 aliphatic carbocycles. The molecule has 2 aromatic carbocycles. The number of nitrogens with zero attached hydrogens (tertiary/aromatic N) is 2. The van der Waals surface area contributed by atoms with Gasteiger partial charge in [0.1, 0.15) is 12.4 Å². The van der Waals surface area contributed by atoms with Gasteiger partial charge in [-0.1, -0.05) is 24.3 Å². The average molecular weight is 461 g/mol. The third kappa shape index (κ3) is 5.32. The molecule has 1 aliphatic rings. The molecule has 0 bridgehead atoms. The van der Waals surface area contributed by atoms with Crippen LogP contribution in [0.4, 0.5) is 4.79 Å². The summed E-state index contributed by atoms with van der Waals surface area (Å²) in [6, 6.07) is 11.4. The molecule has 3 rings (SSSR count). The number of esters is 1. The van der Waals surface area contributed by atoms with Gasteiger partial charge in [-0.3, -0.25) is 4.79 Å². The lowest BCUT2D eigenvalue weighted by Gasteiger charge is -2.32. The van der Waals surface area contributed by atoms with Crippen molar-refractivity contribution in [1.82, 2.24) is 4.90 Å². The number of cyclic esters (lactones) is 1. The first-order valence-electron chi connectivity index (χ1n) is 10.5. The van der Waals surface area contributed by atoms with Crippen molar-refractivity contribution in [1.29, 1.82) is 0 Å². The van der Waals surface area contributed by atoms with Crippen molar-refractivity contribution in [3.8, 4) is 5.75 Å². The first-order chi connectivity index (χ1) is 15.3. The predicted octanol–water partition coefficient (Wildman–Crippen LogP) is 4.90. The maximum atomic E-state index is 12.6. The Bertz CT molecular complexity index is 996. The first kappa shape index (κ1) is 23.8. The number of rotatable bonds is 10. The van der Waals surface area contributed by atoms with Gasteiger partial charge in [0.05, 0.1) is 30.4 Å². The number of hydrogen-bond donors (Lipinski definition) is 0. The zero-order valence-corrected chi connectivity index (χ0v) is 19.5. The third-order valence-electron chi connectivity index (χ3n) is 5.76. The lowest BCUT2D eigenvalue weighted by atomic mass is 9.98. The third-order valence-corrected chi connectivity index (χ3v) is 6.58. The van der Waals surface area contributed by atoms with E-state index in [0.29, 0.717) is 13.0 Å². The Labute approximate surface area is 191 Å². The maximum Gasteiger partial charge on any atom is 0.410 e. The number of nitroso groups, excluding NO2 is 1. The van der Waals surface area contributed by atoms with Gasteiger partial charge in [-0.15, -0.1) is 4.91 Å². The highest BCUT2D eigenvalue weighted by Gasteiger charge is 2.43. The fraction of sp³-hybridized carbons (Fsp3) is 0.478. The fourth-order valence-electron chi connectivity index (χ4n) is 3.74. The maximum absolute atomic E-state index is 12.6. The molecule has 2 atom stereocenters. The molecule has 0 spiro atoms. The molecule has 9 heteroatoms. The molecule has 1 saturated heterocycles. The Morgan fingerprint density at radius 3 is 2.72 bits per heavy atom. The van der Waals surface area contributed by atoms with E-state index in [0.717, 1.165) is 34.0 Å². The van der Waals surface area contributed by atoms with Crippen molar-refractivity contribution in [3.63, 3.8) is 0 Å². The molecular weight excluding hydrogens is 432 g/mol. The Kier molecular flexibility index (Phi) is 7.60. The van der Waals surface area contributed by atoms with Crippen LogP contribution in [-0.2, 0) is 14.3 Å². The Balaban J connectivity index is 1.53. The monoisotopic (exact) mass is 460 g/mol. The quantitative estimate of drug-likeness (QED) is 0.215. The molecule has 172 valence electrons. The molecule has 0 radical (unpaired) electrons. The van der Waals surface area contributed by atoms with Gasteiger partial charge in [-0.25, -0.2) is 4.79 Å². The van der Waals surface area contributed by atoms with Crippen LogP contribution in [0.2, 0.25) is 0 Å². The predicted molar refractivity (Wildman–Crippen MR) is 124 cm³/mol. The summed E-state index contributed by atoms with van der Waals surface area (Å²) >= 11 is 0.888. The number of fused-ring (bicyclic) bond motifs is 1. The fourth-order valence-corrected chi connectivity index (χ4v) is 4.25. The smallest absolute Gasteiger partial charge is 0.410 e. The summed E-state index contributed by atoms with van der Waals surface area (Å²) in [5, 5.41) is 2.05. The van der Waals surface area contributed by atoms with Gasteiger partial charge in [0.25, 0.3) is 0 Å². The highest BCUT2D eigenvalue weighted by molar-refractivity contribution is 7.99. The summed E-state index contributed by atoms with van der Waals surface area (Å²) in [4.78, 5) is 36.9. The van der Waals surface area contributed by atoms with Crippen molar-refractivity contribution in [2.75, 3.05) is 26.9 Å². The molecular formula is C23H28N2O6S. The van der Waals surface area contributed by atoms with Gasteiger partial charge in [0.15, 0.2) is 0 Å². The van der Waals surface area contributed by atoms with E-state index in [-0.39, 0.29) is 25.2 Å². The largest absolute Gasteiger partial charge is 0.497 e. The molecule has 2 aromatic rings. The van der Waals surface area contributed by atoms with Crippen LogP contribution in [0.15, 0.2) is 41.0 Å². The molecule has 1 aliphatic heterocycles. The number of amides is 1. The van der Waals surface area contributed by atoms with Gasteiger partial charge >= 0.3 is 12.1 Å².